The average molecular weight is 293 g/mol. The van der Waals surface area contributed by atoms with E-state index in [2.05, 4.69) is 24.1 Å². The van der Waals surface area contributed by atoms with Gasteiger partial charge in [0.15, 0.2) is 0 Å². The van der Waals surface area contributed by atoms with Crippen LogP contribution in [-0.4, -0.2) is 50.2 Å². The number of hydrogen-bond acceptors (Lipinski definition) is 3. The molecule has 1 aliphatic rings. The zero-order valence-corrected chi connectivity index (χ0v) is 13.3. The van der Waals surface area contributed by atoms with Crippen molar-refractivity contribution in [2.45, 2.75) is 45.6 Å². The minimum Gasteiger partial charge on any atom is -0.383 e. The second-order valence-electron chi connectivity index (χ2n) is 5.54. The number of hydrogen-bond donors (Lipinski definition) is 1. The maximum atomic E-state index is 12.2. The van der Waals surface area contributed by atoms with Crippen molar-refractivity contribution < 1.29 is 9.53 Å². The molecule has 1 atom stereocenters. The van der Waals surface area contributed by atoms with Crippen LogP contribution in [-0.2, 0) is 9.53 Å². The summed E-state index contributed by atoms with van der Waals surface area (Å²) in [4.78, 5) is 14.3. The normalized spacial score (nSPS) is 19.4. The maximum Gasteiger partial charge on any atom is 0.236 e. The number of ether oxygens (including phenoxy) is 1. The van der Waals surface area contributed by atoms with Crippen molar-refractivity contribution in [3.8, 4) is 0 Å². The predicted octanol–water partition coefficient (Wildman–Crippen LogP) is 2.07. The number of likely N-dealkylation sites (tertiary alicyclic amines) is 1. The molecule has 0 aliphatic carbocycles. The van der Waals surface area contributed by atoms with Gasteiger partial charge in [-0.15, -0.1) is 12.4 Å². The van der Waals surface area contributed by atoms with Crippen LogP contribution in [0.15, 0.2) is 0 Å². The van der Waals surface area contributed by atoms with E-state index in [0.717, 1.165) is 25.9 Å². The number of carbonyl (C=O) groups excluding carboxylic acids is 1. The third-order valence-electron chi connectivity index (χ3n) is 3.45. The van der Waals surface area contributed by atoms with E-state index in [4.69, 9.17) is 4.74 Å². The lowest BCUT2D eigenvalue weighted by atomic mass is 9.94. The number of halogens is 1. The second-order valence-corrected chi connectivity index (χ2v) is 5.54. The molecule has 0 aromatic carbocycles. The summed E-state index contributed by atoms with van der Waals surface area (Å²) < 4.78 is 4.96. The molecule has 0 spiro atoms. The summed E-state index contributed by atoms with van der Waals surface area (Å²) >= 11 is 0. The fourth-order valence-electron chi connectivity index (χ4n) is 2.59. The molecule has 0 aromatic heterocycles. The maximum absolute atomic E-state index is 12.2. The lowest BCUT2D eigenvalue weighted by Crippen LogP contribution is -2.48. The second kappa shape index (κ2) is 10.5. The van der Waals surface area contributed by atoms with E-state index in [-0.39, 0.29) is 18.3 Å². The minimum absolute atomic E-state index is 0. The lowest BCUT2D eigenvalue weighted by Gasteiger charge is -2.37. The minimum atomic E-state index is 0. The highest BCUT2D eigenvalue weighted by molar-refractivity contribution is 5.85. The molecule has 1 amide bonds. The van der Waals surface area contributed by atoms with Gasteiger partial charge in [-0.05, 0) is 31.6 Å². The molecule has 1 unspecified atom stereocenters. The molecular formula is C14H29ClN2O2. The highest BCUT2D eigenvalue weighted by atomic mass is 35.5. The van der Waals surface area contributed by atoms with E-state index < -0.39 is 0 Å². The first-order valence-electron chi connectivity index (χ1n) is 7.14. The van der Waals surface area contributed by atoms with Crippen molar-refractivity contribution >= 4 is 18.3 Å². The zero-order chi connectivity index (χ0) is 13.4. The number of nitrogens with zero attached hydrogens (tertiary/aromatic N) is 1. The fraction of sp³-hybridized carbons (Fsp3) is 0.929. The molecular weight excluding hydrogens is 264 g/mol. The van der Waals surface area contributed by atoms with Gasteiger partial charge in [0.05, 0.1) is 13.2 Å². The summed E-state index contributed by atoms with van der Waals surface area (Å²) in [5.41, 5.74) is 0. The van der Waals surface area contributed by atoms with E-state index in [9.17, 15) is 4.79 Å². The molecule has 0 bridgehead atoms. The van der Waals surface area contributed by atoms with Gasteiger partial charge >= 0.3 is 0 Å². The third kappa shape index (κ3) is 7.14. The Morgan fingerprint density at radius 3 is 2.79 bits per heavy atom. The van der Waals surface area contributed by atoms with E-state index in [1.807, 2.05) is 0 Å². The molecule has 5 heteroatoms. The number of rotatable bonds is 7. The highest BCUT2D eigenvalue weighted by Crippen LogP contribution is 2.22. The molecule has 1 heterocycles. The van der Waals surface area contributed by atoms with Crippen molar-refractivity contribution in [2.24, 2.45) is 5.92 Å². The Morgan fingerprint density at radius 1 is 1.42 bits per heavy atom. The Hall–Kier alpha value is -0.320. The molecule has 4 nitrogen and oxygen atoms in total. The predicted molar refractivity (Wildman–Crippen MR) is 80.8 cm³/mol. The van der Waals surface area contributed by atoms with Crippen LogP contribution in [0.3, 0.4) is 0 Å². The van der Waals surface area contributed by atoms with Crippen LogP contribution < -0.4 is 5.32 Å². The van der Waals surface area contributed by atoms with Gasteiger partial charge in [-0.3, -0.25) is 4.79 Å². The van der Waals surface area contributed by atoms with Crippen LogP contribution in [0.5, 0.6) is 0 Å². The van der Waals surface area contributed by atoms with Gasteiger partial charge in [-0.25, -0.2) is 0 Å². The molecule has 1 saturated heterocycles. The SMILES string of the molecule is COCCNCC(=O)N1CCCCC1CC(C)C.Cl. The Labute approximate surface area is 123 Å². The van der Waals surface area contributed by atoms with Crippen LogP contribution in [0.4, 0.5) is 0 Å². The molecule has 0 aromatic rings. The Kier molecular flexibility index (Phi) is 10.3. The standard InChI is InChI=1S/C14H28N2O2.ClH/c1-12(2)10-13-6-4-5-8-16(13)14(17)11-15-7-9-18-3;/h12-13,15H,4-11H2,1-3H3;1H. The Balaban J connectivity index is 0.00000324. The van der Waals surface area contributed by atoms with Gasteiger partial charge in [0, 0.05) is 26.2 Å². The number of nitrogens with one attached hydrogen (secondary N) is 1. The summed E-state index contributed by atoms with van der Waals surface area (Å²) in [6, 6.07) is 0.454. The van der Waals surface area contributed by atoms with Gasteiger partial charge in [0.2, 0.25) is 5.91 Å². The van der Waals surface area contributed by atoms with Crippen molar-refractivity contribution in [1.29, 1.82) is 0 Å². The first kappa shape index (κ1) is 18.7. The number of piperidine rings is 1. The van der Waals surface area contributed by atoms with Crippen LogP contribution >= 0.6 is 12.4 Å². The molecule has 1 N–H and O–H groups in total. The van der Waals surface area contributed by atoms with E-state index in [0.29, 0.717) is 25.1 Å². The summed E-state index contributed by atoms with van der Waals surface area (Å²) in [6.45, 7) is 7.23. The first-order chi connectivity index (χ1) is 8.65. The summed E-state index contributed by atoms with van der Waals surface area (Å²) in [5.74, 6) is 0.904. The lowest BCUT2D eigenvalue weighted by molar-refractivity contribution is -0.134. The van der Waals surface area contributed by atoms with Gasteiger partial charge in [-0.2, -0.15) is 0 Å². The molecule has 0 radical (unpaired) electrons. The summed E-state index contributed by atoms with van der Waals surface area (Å²) in [5, 5.41) is 3.14. The first-order valence-corrected chi connectivity index (χ1v) is 7.14. The Bertz CT molecular complexity index is 250. The van der Waals surface area contributed by atoms with Crippen LogP contribution in [0.25, 0.3) is 0 Å². The van der Waals surface area contributed by atoms with Crippen molar-refractivity contribution in [3.05, 3.63) is 0 Å². The van der Waals surface area contributed by atoms with E-state index in [1.54, 1.807) is 7.11 Å². The third-order valence-corrected chi connectivity index (χ3v) is 3.45. The molecule has 1 aliphatic heterocycles. The van der Waals surface area contributed by atoms with Gasteiger partial charge in [-0.1, -0.05) is 13.8 Å². The zero-order valence-electron chi connectivity index (χ0n) is 12.5. The molecule has 1 rings (SSSR count). The van der Waals surface area contributed by atoms with Gasteiger partial charge in [0.25, 0.3) is 0 Å². The smallest absolute Gasteiger partial charge is 0.236 e. The largest absolute Gasteiger partial charge is 0.383 e. The van der Waals surface area contributed by atoms with Gasteiger partial charge in [0.1, 0.15) is 0 Å². The van der Waals surface area contributed by atoms with E-state index >= 15 is 0 Å². The molecule has 1 fully saturated rings. The highest BCUT2D eigenvalue weighted by Gasteiger charge is 2.26. The van der Waals surface area contributed by atoms with E-state index in [1.165, 1.54) is 12.8 Å². The van der Waals surface area contributed by atoms with Crippen LogP contribution in [0, 0.1) is 5.92 Å². The molecule has 114 valence electrons. The quantitative estimate of drug-likeness (QED) is 0.731. The van der Waals surface area contributed by atoms with Crippen LogP contribution in [0.2, 0.25) is 0 Å². The van der Waals surface area contributed by atoms with Crippen molar-refractivity contribution in [1.82, 2.24) is 10.2 Å². The fourth-order valence-corrected chi connectivity index (χ4v) is 2.59. The Morgan fingerprint density at radius 2 is 2.16 bits per heavy atom. The average Bonchev–Trinajstić information content (AvgIpc) is 2.34. The van der Waals surface area contributed by atoms with Gasteiger partial charge < -0.3 is 15.0 Å². The van der Waals surface area contributed by atoms with Crippen LogP contribution in [0.1, 0.15) is 39.5 Å². The number of amides is 1. The molecule has 0 saturated carbocycles. The monoisotopic (exact) mass is 292 g/mol. The van der Waals surface area contributed by atoms with Crippen molar-refractivity contribution in [3.63, 3.8) is 0 Å². The summed E-state index contributed by atoms with van der Waals surface area (Å²) in [7, 11) is 1.67. The molecule has 19 heavy (non-hydrogen) atoms. The number of methoxy groups -OCH3 is 1. The van der Waals surface area contributed by atoms with Crippen molar-refractivity contribution in [2.75, 3.05) is 33.4 Å². The topological polar surface area (TPSA) is 41.6 Å². The number of carbonyl (C=O) groups is 1. The summed E-state index contributed by atoms with van der Waals surface area (Å²) in [6.07, 6.45) is 4.71.